The number of ether oxygens (including phenoxy) is 2. The van der Waals surface area contributed by atoms with E-state index in [4.69, 9.17) is 4.74 Å². The zero-order valence-electron chi connectivity index (χ0n) is 9.38. The summed E-state index contributed by atoms with van der Waals surface area (Å²) in [6.45, 7) is 0. The normalized spacial score (nSPS) is 10.2. The molecule has 0 aliphatic heterocycles. The quantitative estimate of drug-likeness (QED) is 0.345. The molecular formula is C11H11NO5. The lowest BCUT2D eigenvalue weighted by molar-refractivity contribution is -0.385. The molecule has 1 aromatic carbocycles. The van der Waals surface area contributed by atoms with Crippen LogP contribution in [0.5, 0.6) is 5.75 Å². The molecule has 6 nitrogen and oxygen atoms in total. The monoisotopic (exact) mass is 237 g/mol. The van der Waals surface area contributed by atoms with Gasteiger partial charge in [-0.2, -0.15) is 0 Å². The van der Waals surface area contributed by atoms with E-state index in [-0.39, 0.29) is 11.4 Å². The number of methoxy groups -OCH3 is 2. The van der Waals surface area contributed by atoms with Crippen molar-refractivity contribution in [2.24, 2.45) is 0 Å². The second-order valence-electron chi connectivity index (χ2n) is 3.04. The molecule has 0 aromatic heterocycles. The van der Waals surface area contributed by atoms with Crippen LogP contribution in [0, 0.1) is 10.1 Å². The van der Waals surface area contributed by atoms with Crippen LogP contribution in [0.3, 0.4) is 0 Å². The predicted molar refractivity (Wildman–Crippen MR) is 60.7 cm³/mol. The molecule has 0 saturated carbocycles. The first-order valence-electron chi connectivity index (χ1n) is 4.67. The highest BCUT2D eigenvalue weighted by molar-refractivity contribution is 5.87. The Balaban J connectivity index is 3.04. The van der Waals surface area contributed by atoms with E-state index in [1.54, 1.807) is 6.07 Å². The van der Waals surface area contributed by atoms with Gasteiger partial charge < -0.3 is 9.47 Å². The zero-order valence-corrected chi connectivity index (χ0v) is 9.38. The molecule has 17 heavy (non-hydrogen) atoms. The average Bonchev–Trinajstić information content (AvgIpc) is 2.35. The van der Waals surface area contributed by atoms with Crippen LogP contribution in [0.15, 0.2) is 24.3 Å². The first kappa shape index (κ1) is 12.7. The maximum Gasteiger partial charge on any atom is 0.330 e. The number of nitro groups is 1. The third-order valence-electron chi connectivity index (χ3n) is 2.01. The molecule has 0 N–H and O–H groups in total. The van der Waals surface area contributed by atoms with E-state index < -0.39 is 10.9 Å². The maximum atomic E-state index is 10.9. The molecule has 0 saturated heterocycles. The first-order chi connectivity index (χ1) is 8.08. The average molecular weight is 237 g/mol. The minimum atomic E-state index is -0.547. The van der Waals surface area contributed by atoms with Crippen LogP contribution in [0.2, 0.25) is 0 Å². The number of esters is 1. The molecule has 0 aliphatic carbocycles. The summed E-state index contributed by atoms with van der Waals surface area (Å²) < 4.78 is 9.26. The van der Waals surface area contributed by atoms with Crippen LogP contribution in [0.25, 0.3) is 6.08 Å². The van der Waals surface area contributed by atoms with Crippen molar-refractivity contribution in [3.8, 4) is 5.75 Å². The lowest BCUT2D eigenvalue weighted by Crippen LogP contribution is -1.95. The van der Waals surface area contributed by atoms with Crippen LogP contribution in [-0.2, 0) is 9.53 Å². The highest BCUT2D eigenvalue weighted by Gasteiger charge is 2.14. The molecule has 0 spiro atoms. The number of hydrogen-bond donors (Lipinski definition) is 0. The summed E-state index contributed by atoms with van der Waals surface area (Å²) in [5.74, 6) is -0.353. The Morgan fingerprint density at radius 2 is 2.12 bits per heavy atom. The van der Waals surface area contributed by atoms with Crippen LogP contribution in [-0.4, -0.2) is 25.1 Å². The van der Waals surface area contributed by atoms with Crippen molar-refractivity contribution in [1.29, 1.82) is 0 Å². The Hall–Kier alpha value is -2.37. The standard InChI is InChI=1S/C11H11NO5/c1-16-10-5-3-8(4-6-11(13)17-2)7-9(10)12(14)15/h3-7H,1-2H3. The molecule has 6 heteroatoms. The Labute approximate surface area is 97.6 Å². The molecule has 0 unspecified atom stereocenters. The molecule has 0 amide bonds. The van der Waals surface area contributed by atoms with E-state index in [9.17, 15) is 14.9 Å². The molecule has 90 valence electrons. The molecule has 0 heterocycles. The van der Waals surface area contributed by atoms with E-state index in [2.05, 4.69) is 4.74 Å². The van der Waals surface area contributed by atoms with Gasteiger partial charge in [-0.1, -0.05) is 6.07 Å². The summed E-state index contributed by atoms with van der Waals surface area (Å²) in [6.07, 6.45) is 2.61. The molecule has 1 aromatic rings. The Morgan fingerprint density at radius 3 is 2.65 bits per heavy atom. The van der Waals surface area contributed by atoms with Gasteiger partial charge >= 0.3 is 11.7 Å². The fraction of sp³-hybridized carbons (Fsp3) is 0.182. The van der Waals surface area contributed by atoms with Gasteiger partial charge in [-0.25, -0.2) is 4.79 Å². The first-order valence-corrected chi connectivity index (χ1v) is 4.67. The van der Waals surface area contributed by atoms with Crippen molar-refractivity contribution in [2.45, 2.75) is 0 Å². The van der Waals surface area contributed by atoms with E-state index in [0.29, 0.717) is 5.56 Å². The van der Waals surface area contributed by atoms with Gasteiger partial charge in [-0.3, -0.25) is 10.1 Å². The summed E-state index contributed by atoms with van der Waals surface area (Å²) in [5.41, 5.74) is 0.363. The van der Waals surface area contributed by atoms with Crippen LogP contribution in [0.4, 0.5) is 5.69 Å². The molecule has 1 rings (SSSR count). The lowest BCUT2D eigenvalue weighted by Gasteiger charge is -2.01. The SMILES string of the molecule is COC(=O)C=Cc1ccc(OC)c([N+](=O)[O-])c1. The topological polar surface area (TPSA) is 78.7 Å². The second kappa shape index (κ2) is 5.64. The number of carbonyl (C=O) groups is 1. The van der Waals surface area contributed by atoms with Crippen molar-refractivity contribution in [2.75, 3.05) is 14.2 Å². The highest BCUT2D eigenvalue weighted by atomic mass is 16.6. The summed E-state index contributed by atoms with van der Waals surface area (Å²) in [6, 6.07) is 4.39. The number of hydrogen-bond acceptors (Lipinski definition) is 5. The summed E-state index contributed by atoms with van der Waals surface area (Å²) in [4.78, 5) is 21.0. The van der Waals surface area contributed by atoms with Crippen LogP contribution in [0.1, 0.15) is 5.56 Å². The van der Waals surface area contributed by atoms with Gasteiger partial charge in [0.05, 0.1) is 19.1 Å². The van der Waals surface area contributed by atoms with Gasteiger partial charge in [-0.05, 0) is 17.7 Å². The van der Waals surface area contributed by atoms with Crippen molar-refractivity contribution in [1.82, 2.24) is 0 Å². The van der Waals surface area contributed by atoms with Gasteiger partial charge in [0, 0.05) is 12.1 Å². The van der Waals surface area contributed by atoms with Gasteiger partial charge in [0.1, 0.15) is 0 Å². The molecule has 0 bridgehead atoms. The number of carbonyl (C=O) groups excluding carboxylic acids is 1. The van der Waals surface area contributed by atoms with Crippen molar-refractivity contribution in [3.05, 3.63) is 40.0 Å². The molecule has 0 aliphatic rings. The summed E-state index contributed by atoms with van der Waals surface area (Å²) in [7, 11) is 2.61. The Kier molecular flexibility index (Phi) is 4.21. The minimum absolute atomic E-state index is 0.153. The van der Waals surface area contributed by atoms with E-state index in [1.807, 2.05) is 0 Å². The van der Waals surface area contributed by atoms with Gasteiger partial charge in [0.2, 0.25) is 0 Å². The minimum Gasteiger partial charge on any atom is -0.490 e. The zero-order chi connectivity index (χ0) is 12.8. The number of benzene rings is 1. The molecule has 0 atom stereocenters. The second-order valence-corrected chi connectivity index (χ2v) is 3.04. The summed E-state index contributed by atoms with van der Waals surface area (Å²) >= 11 is 0. The van der Waals surface area contributed by atoms with E-state index in [0.717, 1.165) is 0 Å². The maximum absolute atomic E-state index is 10.9. The van der Waals surface area contributed by atoms with Gasteiger partial charge in [-0.15, -0.1) is 0 Å². The third kappa shape index (κ3) is 3.30. The fourth-order valence-electron chi connectivity index (χ4n) is 1.19. The fourth-order valence-corrected chi connectivity index (χ4v) is 1.19. The van der Waals surface area contributed by atoms with Crippen molar-refractivity contribution < 1.29 is 19.2 Å². The van der Waals surface area contributed by atoms with Crippen molar-refractivity contribution >= 4 is 17.7 Å². The number of nitrogens with zero attached hydrogens (tertiary/aromatic N) is 1. The molecule has 0 fully saturated rings. The Morgan fingerprint density at radius 1 is 1.41 bits per heavy atom. The lowest BCUT2D eigenvalue weighted by atomic mass is 10.1. The smallest absolute Gasteiger partial charge is 0.330 e. The van der Waals surface area contributed by atoms with Crippen LogP contribution < -0.4 is 4.74 Å². The highest BCUT2D eigenvalue weighted by Crippen LogP contribution is 2.27. The molecule has 0 radical (unpaired) electrons. The van der Waals surface area contributed by atoms with Gasteiger partial charge in [0.15, 0.2) is 5.75 Å². The van der Waals surface area contributed by atoms with Gasteiger partial charge in [0.25, 0.3) is 0 Å². The predicted octanol–water partition coefficient (Wildman–Crippen LogP) is 1.79. The van der Waals surface area contributed by atoms with E-state index >= 15 is 0 Å². The van der Waals surface area contributed by atoms with E-state index in [1.165, 1.54) is 38.5 Å². The number of nitro benzene ring substituents is 1. The third-order valence-corrected chi connectivity index (χ3v) is 2.01. The largest absolute Gasteiger partial charge is 0.490 e. The van der Waals surface area contributed by atoms with Crippen LogP contribution >= 0.6 is 0 Å². The van der Waals surface area contributed by atoms with Crippen molar-refractivity contribution in [3.63, 3.8) is 0 Å². The Bertz CT molecular complexity index is 467. The summed E-state index contributed by atoms with van der Waals surface area (Å²) in [5, 5.41) is 10.7. The molecular weight excluding hydrogens is 226 g/mol. The number of rotatable bonds is 4.